The second kappa shape index (κ2) is 5.15. The van der Waals surface area contributed by atoms with Gasteiger partial charge in [-0.2, -0.15) is 0 Å². The zero-order valence-electron chi connectivity index (χ0n) is 8.71. The Morgan fingerprint density at radius 3 is 2.18 bits per heavy atom. The summed E-state index contributed by atoms with van der Waals surface area (Å²) < 4.78 is 46.4. The van der Waals surface area contributed by atoms with Gasteiger partial charge in [0.2, 0.25) is 10.9 Å². The van der Waals surface area contributed by atoms with Gasteiger partial charge in [0.15, 0.2) is 0 Å². The van der Waals surface area contributed by atoms with E-state index in [1.165, 1.54) is 16.9 Å². The van der Waals surface area contributed by atoms with Crippen LogP contribution in [0.1, 0.15) is 5.56 Å². The number of amides is 2. The highest BCUT2D eigenvalue weighted by Gasteiger charge is 2.17. The lowest BCUT2D eigenvalue weighted by atomic mass is 10.2. The molecule has 9 heteroatoms. The Hall–Kier alpha value is -1.61. The predicted molar refractivity (Wildman–Crippen MR) is 60.3 cm³/mol. The molecule has 0 aliphatic heterocycles. The van der Waals surface area contributed by atoms with Gasteiger partial charge in [-0.15, -0.1) is 0 Å². The number of benzene rings is 1. The molecular weight excluding hydrogens is 268 g/mol. The number of thiol groups is 1. The van der Waals surface area contributed by atoms with Crippen LogP contribution in [-0.2, 0) is 20.9 Å². The Morgan fingerprint density at radius 2 is 1.71 bits per heavy atom. The van der Waals surface area contributed by atoms with Crippen LogP contribution in [0.2, 0.25) is 0 Å². The SMILES string of the molecule is Cc1ccc(S(=O)(=O)NC(=O)N[SH](=O)=O)cc1. The van der Waals surface area contributed by atoms with Crippen LogP contribution < -0.4 is 9.44 Å². The molecule has 0 saturated carbocycles. The maximum atomic E-state index is 11.6. The maximum Gasteiger partial charge on any atom is 0.342 e. The van der Waals surface area contributed by atoms with E-state index in [1.54, 1.807) is 23.8 Å². The second-order valence-corrected chi connectivity index (χ2v) is 5.54. The quantitative estimate of drug-likeness (QED) is 0.646. The topological polar surface area (TPSA) is 109 Å². The molecule has 0 aliphatic carbocycles. The van der Waals surface area contributed by atoms with E-state index < -0.39 is 26.9 Å². The molecule has 0 saturated heterocycles. The number of hydrogen-bond acceptors (Lipinski definition) is 5. The normalized spacial score (nSPS) is 11.2. The molecule has 0 aliphatic rings. The van der Waals surface area contributed by atoms with Crippen molar-refractivity contribution >= 4 is 26.9 Å². The second-order valence-electron chi connectivity index (χ2n) is 3.12. The Bertz CT molecular complexity index is 581. The first-order valence-corrected chi connectivity index (χ1v) is 7.02. The molecule has 2 amide bonds. The van der Waals surface area contributed by atoms with Crippen LogP contribution in [0.5, 0.6) is 0 Å². The van der Waals surface area contributed by atoms with Gasteiger partial charge < -0.3 is 0 Å². The third kappa shape index (κ3) is 4.04. The summed E-state index contributed by atoms with van der Waals surface area (Å²) in [6.07, 6.45) is 0. The molecule has 7 nitrogen and oxygen atoms in total. The summed E-state index contributed by atoms with van der Waals surface area (Å²) in [6.45, 7) is 1.78. The molecule has 1 aromatic rings. The summed E-state index contributed by atoms with van der Waals surface area (Å²) in [6, 6.07) is 4.41. The summed E-state index contributed by atoms with van der Waals surface area (Å²) in [5.41, 5.74) is 0.857. The zero-order valence-corrected chi connectivity index (χ0v) is 10.4. The number of rotatable bonds is 3. The molecule has 1 aromatic carbocycles. The maximum absolute atomic E-state index is 11.6. The number of carbonyl (C=O) groups is 1. The third-order valence-electron chi connectivity index (χ3n) is 1.75. The zero-order chi connectivity index (χ0) is 13.1. The van der Waals surface area contributed by atoms with Crippen LogP contribution in [-0.4, -0.2) is 22.9 Å². The van der Waals surface area contributed by atoms with E-state index in [4.69, 9.17) is 0 Å². The lowest BCUT2D eigenvalue weighted by molar-refractivity contribution is 0.251. The molecule has 0 fully saturated rings. The minimum Gasteiger partial charge on any atom is -0.247 e. The molecule has 0 unspecified atom stereocenters. The molecule has 0 heterocycles. The summed E-state index contributed by atoms with van der Waals surface area (Å²) in [4.78, 5) is 10.8. The molecule has 0 bridgehead atoms. The summed E-state index contributed by atoms with van der Waals surface area (Å²) in [7, 11) is -7.24. The van der Waals surface area contributed by atoms with Gasteiger partial charge >= 0.3 is 6.03 Å². The van der Waals surface area contributed by atoms with E-state index in [0.717, 1.165) is 5.56 Å². The summed E-state index contributed by atoms with van der Waals surface area (Å²) in [5, 5.41) is 0. The largest absolute Gasteiger partial charge is 0.342 e. The van der Waals surface area contributed by atoms with Crippen LogP contribution in [0.4, 0.5) is 4.79 Å². The van der Waals surface area contributed by atoms with Crippen molar-refractivity contribution < 1.29 is 21.6 Å². The predicted octanol–water partition coefficient (Wildman–Crippen LogP) is -0.491. The van der Waals surface area contributed by atoms with Crippen LogP contribution in [0.15, 0.2) is 29.2 Å². The van der Waals surface area contributed by atoms with Crippen molar-refractivity contribution in [1.29, 1.82) is 0 Å². The van der Waals surface area contributed by atoms with Gasteiger partial charge in [0.1, 0.15) is 0 Å². The molecule has 0 spiro atoms. The number of urea groups is 1. The van der Waals surface area contributed by atoms with E-state index >= 15 is 0 Å². The van der Waals surface area contributed by atoms with Crippen LogP contribution >= 0.6 is 0 Å². The summed E-state index contributed by atoms with van der Waals surface area (Å²) >= 11 is 0. The highest BCUT2D eigenvalue weighted by atomic mass is 32.2. The van der Waals surface area contributed by atoms with Gasteiger partial charge in [-0.05, 0) is 19.1 Å². The molecule has 94 valence electrons. The number of aryl methyl sites for hydroxylation is 1. The third-order valence-corrected chi connectivity index (χ3v) is 3.48. The van der Waals surface area contributed by atoms with Crippen LogP contribution in [0.25, 0.3) is 0 Å². The van der Waals surface area contributed by atoms with Crippen molar-refractivity contribution in [2.45, 2.75) is 11.8 Å². The average molecular weight is 278 g/mol. The highest BCUT2D eigenvalue weighted by Crippen LogP contribution is 2.09. The molecule has 0 aromatic heterocycles. The highest BCUT2D eigenvalue weighted by molar-refractivity contribution is 7.90. The molecule has 17 heavy (non-hydrogen) atoms. The Balaban J connectivity index is 2.89. The molecule has 1 rings (SSSR count). The Labute approximate surface area is 100.0 Å². The number of hydrogen-bond donors (Lipinski definition) is 3. The van der Waals surface area contributed by atoms with Gasteiger partial charge in [0.25, 0.3) is 10.0 Å². The van der Waals surface area contributed by atoms with Crippen molar-refractivity contribution in [2.24, 2.45) is 0 Å². The fourth-order valence-electron chi connectivity index (χ4n) is 1.00. The van der Waals surface area contributed by atoms with Gasteiger partial charge in [-0.25, -0.2) is 31.1 Å². The fourth-order valence-corrected chi connectivity index (χ4v) is 2.21. The van der Waals surface area contributed by atoms with Gasteiger partial charge in [0, 0.05) is 0 Å². The average Bonchev–Trinajstić information content (AvgIpc) is 2.15. The first kappa shape index (κ1) is 13.5. The Morgan fingerprint density at radius 1 is 1.18 bits per heavy atom. The minimum absolute atomic E-state index is 0.126. The Kier molecular flexibility index (Phi) is 4.07. The monoisotopic (exact) mass is 278 g/mol. The van der Waals surface area contributed by atoms with E-state index in [1.807, 2.05) is 0 Å². The smallest absolute Gasteiger partial charge is 0.247 e. The molecular formula is C8H10N2O5S2. The van der Waals surface area contributed by atoms with Crippen molar-refractivity contribution in [2.75, 3.05) is 0 Å². The number of sulfonamides is 1. The first-order valence-electron chi connectivity index (χ1n) is 4.36. The van der Waals surface area contributed by atoms with Gasteiger partial charge in [0.05, 0.1) is 4.90 Å². The number of carbonyl (C=O) groups excluding carboxylic acids is 1. The fraction of sp³-hybridized carbons (Fsp3) is 0.125. The van der Waals surface area contributed by atoms with Crippen molar-refractivity contribution in [1.82, 2.24) is 9.44 Å². The standard InChI is InChI=1S/C8H10N2O5S2/c1-6-2-4-7(5-3-6)17(14,15)10-8(11)9-16(12)13/h2-5,16H,1H3,(H2,9,10,11,12,13). The van der Waals surface area contributed by atoms with Crippen molar-refractivity contribution in [3.8, 4) is 0 Å². The van der Waals surface area contributed by atoms with E-state index in [0.29, 0.717) is 0 Å². The lowest BCUT2D eigenvalue weighted by Gasteiger charge is -2.05. The van der Waals surface area contributed by atoms with Crippen molar-refractivity contribution in [3.05, 3.63) is 29.8 Å². The number of nitrogens with one attached hydrogen (secondary N) is 2. The van der Waals surface area contributed by atoms with E-state index in [2.05, 4.69) is 0 Å². The van der Waals surface area contributed by atoms with Gasteiger partial charge in [-0.3, -0.25) is 0 Å². The van der Waals surface area contributed by atoms with Crippen LogP contribution in [0, 0.1) is 6.92 Å². The van der Waals surface area contributed by atoms with Crippen LogP contribution in [0.3, 0.4) is 0 Å². The van der Waals surface area contributed by atoms with Gasteiger partial charge in [-0.1, -0.05) is 17.7 Å². The lowest BCUT2D eigenvalue weighted by Crippen LogP contribution is -2.38. The van der Waals surface area contributed by atoms with Crippen molar-refractivity contribution in [3.63, 3.8) is 0 Å². The summed E-state index contributed by atoms with van der Waals surface area (Å²) in [5.74, 6) is 0. The minimum atomic E-state index is -4.05. The molecule has 0 atom stereocenters. The van der Waals surface area contributed by atoms with E-state index in [9.17, 15) is 21.6 Å². The first-order chi connectivity index (χ1) is 7.81. The van der Waals surface area contributed by atoms with E-state index in [-0.39, 0.29) is 4.90 Å². The molecule has 0 radical (unpaired) electrons. The molecule has 2 N–H and O–H groups in total.